The molecule has 1 aliphatic carbocycles. The second kappa shape index (κ2) is 7.82. The SMILES string of the molecule is Cc1cc(CNC(=O)N2CCC[C@@H](N(C(N)=O)C3CC3)C2)c(F)cc1C#N. The topological polar surface area (TPSA) is 102 Å². The first kappa shape index (κ1) is 19.0. The van der Waals surface area contributed by atoms with E-state index in [9.17, 15) is 14.0 Å². The van der Waals surface area contributed by atoms with Crippen LogP contribution < -0.4 is 11.1 Å². The molecular weight excluding hydrogens is 349 g/mol. The number of carbonyl (C=O) groups is 2. The van der Waals surface area contributed by atoms with Gasteiger partial charge in [0.2, 0.25) is 0 Å². The largest absolute Gasteiger partial charge is 0.351 e. The number of likely N-dealkylation sites (tertiary alicyclic amines) is 1. The van der Waals surface area contributed by atoms with Crippen LogP contribution in [-0.4, -0.2) is 47.0 Å². The van der Waals surface area contributed by atoms with Gasteiger partial charge < -0.3 is 20.9 Å². The molecule has 1 saturated heterocycles. The second-order valence-corrected chi connectivity index (χ2v) is 7.25. The summed E-state index contributed by atoms with van der Waals surface area (Å²) in [5.74, 6) is -0.511. The van der Waals surface area contributed by atoms with E-state index < -0.39 is 11.8 Å². The van der Waals surface area contributed by atoms with Crippen LogP contribution in [0, 0.1) is 24.1 Å². The van der Waals surface area contributed by atoms with E-state index in [1.807, 2.05) is 6.07 Å². The average Bonchev–Trinajstić information content (AvgIpc) is 3.46. The first-order valence-electron chi connectivity index (χ1n) is 9.20. The van der Waals surface area contributed by atoms with E-state index in [0.717, 1.165) is 25.7 Å². The number of nitrogens with two attached hydrogens (primary N) is 1. The maximum absolute atomic E-state index is 14.1. The lowest BCUT2D eigenvalue weighted by Crippen LogP contribution is -2.55. The Kier molecular flexibility index (Phi) is 5.49. The van der Waals surface area contributed by atoms with Crippen molar-refractivity contribution in [3.8, 4) is 6.07 Å². The van der Waals surface area contributed by atoms with Crippen LogP contribution in [0.5, 0.6) is 0 Å². The van der Waals surface area contributed by atoms with Crippen molar-refractivity contribution >= 4 is 12.1 Å². The molecule has 2 aliphatic rings. The molecule has 0 aromatic heterocycles. The van der Waals surface area contributed by atoms with Gasteiger partial charge in [-0.2, -0.15) is 5.26 Å². The monoisotopic (exact) mass is 373 g/mol. The number of aryl methyl sites for hydroxylation is 1. The van der Waals surface area contributed by atoms with Crippen molar-refractivity contribution in [1.29, 1.82) is 5.26 Å². The Morgan fingerprint density at radius 3 is 2.74 bits per heavy atom. The van der Waals surface area contributed by atoms with Gasteiger partial charge in [-0.25, -0.2) is 14.0 Å². The first-order chi connectivity index (χ1) is 12.9. The highest BCUT2D eigenvalue weighted by Gasteiger charge is 2.38. The van der Waals surface area contributed by atoms with E-state index in [1.54, 1.807) is 22.8 Å². The quantitative estimate of drug-likeness (QED) is 0.846. The maximum atomic E-state index is 14.1. The van der Waals surface area contributed by atoms with Crippen LogP contribution in [0.3, 0.4) is 0 Å². The standard InChI is InChI=1S/C19H24FN5O2/c1-12-7-14(17(20)8-13(12)9-21)10-23-19(27)24-6-2-3-16(11-24)25(18(22)26)15-4-5-15/h7-8,15-16H,2-6,10-11H2,1H3,(H2,22,26)(H,23,27)/t16-/m1/s1. The molecule has 1 heterocycles. The second-order valence-electron chi connectivity index (χ2n) is 7.25. The van der Waals surface area contributed by atoms with Gasteiger partial charge in [-0.15, -0.1) is 0 Å². The van der Waals surface area contributed by atoms with Crippen LogP contribution in [0.15, 0.2) is 12.1 Å². The molecule has 2 fully saturated rings. The van der Waals surface area contributed by atoms with E-state index in [2.05, 4.69) is 5.32 Å². The molecule has 0 radical (unpaired) electrons. The number of primary amides is 1. The predicted octanol–water partition coefficient (Wildman–Crippen LogP) is 2.22. The van der Waals surface area contributed by atoms with Crippen molar-refractivity contribution in [3.05, 3.63) is 34.6 Å². The molecular formula is C19H24FN5O2. The average molecular weight is 373 g/mol. The minimum absolute atomic E-state index is 0.0422. The fourth-order valence-corrected chi connectivity index (χ4v) is 3.66. The van der Waals surface area contributed by atoms with E-state index >= 15 is 0 Å². The lowest BCUT2D eigenvalue weighted by atomic mass is 10.0. The number of nitrogens with zero attached hydrogens (tertiary/aromatic N) is 3. The molecule has 1 atom stereocenters. The van der Waals surface area contributed by atoms with Crippen LogP contribution in [0.25, 0.3) is 0 Å². The van der Waals surface area contributed by atoms with Crippen molar-refractivity contribution in [1.82, 2.24) is 15.1 Å². The van der Waals surface area contributed by atoms with Gasteiger partial charge in [-0.3, -0.25) is 0 Å². The zero-order valence-electron chi connectivity index (χ0n) is 15.4. The number of benzene rings is 1. The molecule has 144 valence electrons. The van der Waals surface area contributed by atoms with Gasteiger partial charge in [0.15, 0.2) is 0 Å². The Labute approximate surface area is 157 Å². The Bertz CT molecular complexity index is 787. The van der Waals surface area contributed by atoms with Crippen molar-refractivity contribution in [2.24, 2.45) is 5.73 Å². The third kappa shape index (κ3) is 4.30. The minimum Gasteiger partial charge on any atom is -0.351 e. The number of urea groups is 2. The Morgan fingerprint density at radius 1 is 1.37 bits per heavy atom. The zero-order valence-corrected chi connectivity index (χ0v) is 15.4. The summed E-state index contributed by atoms with van der Waals surface area (Å²) in [5, 5.41) is 11.7. The molecule has 8 heteroatoms. The number of rotatable bonds is 4. The normalized spacial score (nSPS) is 19.3. The highest BCUT2D eigenvalue weighted by atomic mass is 19.1. The molecule has 1 saturated carbocycles. The predicted molar refractivity (Wildman–Crippen MR) is 97.1 cm³/mol. The fraction of sp³-hybridized carbons (Fsp3) is 0.526. The number of carbonyl (C=O) groups excluding carboxylic acids is 2. The minimum atomic E-state index is -0.511. The Hall–Kier alpha value is -2.82. The third-order valence-electron chi connectivity index (χ3n) is 5.22. The Balaban J connectivity index is 1.60. The molecule has 1 aromatic rings. The van der Waals surface area contributed by atoms with Crippen molar-refractivity contribution in [2.45, 2.75) is 51.2 Å². The zero-order chi connectivity index (χ0) is 19.6. The van der Waals surface area contributed by atoms with Gasteiger partial charge in [0.05, 0.1) is 17.7 Å². The number of hydrogen-bond donors (Lipinski definition) is 2. The Morgan fingerprint density at radius 2 is 2.11 bits per heavy atom. The van der Waals surface area contributed by atoms with Crippen LogP contribution >= 0.6 is 0 Å². The third-order valence-corrected chi connectivity index (χ3v) is 5.22. The number of piperidine rings is 1. The highest BCUT2D eigenvalue weighted by molar-refractivity contribution is 5.75. The van der Waals surface area contributed by atoms with Gasteiger partial charge in [0.25, 0.3) is 0 Å². The molecule has 7 nitrogen and oxygen atoms in total. The summed E-state index contributed by atoms with van der Waals surface area (Å²) in [7, 11) is 0. The lowest BCUT2D eigenvalue weighted by Gasteiger charge is -2.38. The number of halogens is 1. The summed E-state index contributed by atoms with van der Waals surface area (Å²) in [6, 6.07) is 4.12. The maximum Gasteiger partial charge on any atom is 0.317 e. The van der Waals surface area contributed by atoms with Crippen molar-refractivity contribution in [2.75, 3.05) is 13.1 Å². The molecule has 0 bridgehead atoms. The summed E-state index contributed by atoms with van der Waals surface area (Å²) < 4.78 is 14.1. The van der Waals surface area contributed by atoms with Gasteiger partial charge in [-0.1, -0.05) is 6.07 Å². The van der Waals surface area contributed by atoms with Crippen molar-refractivity contribution in [3.63, 3.8) is 0 Å². The number of amides is 4. The molecule has 1 aromatic carbocycles. The van der Waals surface area contributed by atoms with Crippen LogP contribution in [-0.2, 0) is 6.54 Å². The fourth-order valence-electron chi connectivity index (χ4n) is 3.66. The van der Waals surface area contributed by atoms with Gasteiger partial charge >= 0.3 is 12.1 Å². The van der Waals surface area contributed by atoms with Crippen molar-refractivity contribution < 1.29 is 14.0 Å². The molecule has 0 spiro atoms. The first-order valence-corrected chi connectivity index (χ1v) is 9.20. The smallest absolute Gasteiger partial charge is 0.317 e. The van der Waals surface area contributed by atoms with Crippen LogP contribution in [0.2, 0.25) is 0 Å². The van der Waals surface area contributed by atoms with Gasteiger partial charge in [0.1, 0.15) is 5.82 Å². The molecule has 0 unspecified atom stereocenters. The lowest BCUT2D eigenvalue weighted by molar-refractivity contribution is 0.119. The summed E-state index contributed by atoms with van der Waals surface area (Å²) in [5.41, 5.74) is 6.82. The molecule has 3 N–H and O–H groups in total. The number of nitrogens with one attached hydrogen (secondary N) is 1. The summed E-state index contributed by atoms with van der Waals surface area (Å²) in [6.45, 7) is 2.80. The van der Waals surface area contributed by atoms with Crippen LogP contribution in [0.4, 0.5) is 14.0 Å². The molecule has 1 aliphatic heterocycles. The number of nitriles is 1. The van der Waals surface area contributed by atoms with Crippen LogP contribution in [0.1, 0.15) is 42.4 Å². The summed E-state index contributed by atoms with van der Waals surface area (Å²) >= 11 is 0. The van der Waals surface area contributed by atoms with E-state index in [4.69, 9.17) is 11.0 Å². The molecule has 4 amide bonds. The molecule has 3 rings (SSSR count). The summed E-state index contributed by atoms with van der Waals surface area (Å²) in [4.78, 5) is 27.6. The summed E-state index contributed by atoms with van der Waals surface area (Å²) in [6.07, 6.45) is 3.54. The molecule has 27 heavy (non-hydrogen) atoms. The van der Waals surface area contributed by atoms with Gasteiger partial charge in [0, 0.05) is 31.2 Å². The highest BCUT2D eigenvalue weighted by Crippen LogP contribution is 2.31. The van der Waals surface area contributed by atoms with Gasteiger partial charge in [-0.05, 0) is 44.2 Å². The van der Waals surface area contributed by atoms with E-state index in [-0.39, 0.29) is 30.2 Å². The van der Waals surface area contributed by atoms with E-state index in [1.165, 1.54) is 6.07 Å². The van der Waals surface area contributed by atoms with E-state index in [0.29, 0.717) is 24.2 Å². The number of hydrogen-bond acceptors (Lipinski definition) is 3.